The second-order valence-electron chi connectivity index (χ2n) is 9.25. The molecule has 0 atom stereocenters. The van der Waals surface area contributed by atoms with Gasteiger partial charge in [-0.05, 0) is 44.5 Å². The molecule has 10 nitrogen and oxygen atoms in total. The van der Waals surface area contributed by atoms with Gasteiger partial charge >= 0.3 is 6.03 Å². The van der Waals surface area contributed by atoms with Crippen LogP contribution in [0, 0.1) is 0 Å². The van der Waals surface area contributed by atoms with Crippen LogP contribution in [-0.2, 0) is 27.2 Å². The number of rotatable bonds is 6. The van der Waals surface area contributed by atoms with Gasteiger partial charge in [0.1, 0.15) is 5.82 Å². The number of aromatic nitrogens is 2. The molecule has 3 aliphatic rings. The van der Waals surface area contributed by atoms with E-state index in [2.05, 4.69) is 20.4 Å². The number of fused-ring (bicyclic) bond motifs is 1. The lowest BCUT2D eigenvalue weighted by Crippen LogP contribution is -2.45. The van der Waals surface area contributed by atoms with Gasteiger partial charge in [-0.15, -0.1) is 0 Å². The van der Waals surface area contributed by atoms with Gasteiger partial charge in [-0.25, -0.2) is 14.8 Å². The minimum absolute atomic E-state index is 0.219. The zero-order valence-corrected chi connectivity index (χ0v) is 24.5. The fourth-order valence-electron chi connectivity index (χ4n) is 4.86. The van der Waals surface area contributed by atoms with E-state index in [-0.39, 0.29) is 6.03 Å². The van der Waals surface area contributed by atoms with Crippen molar-refractivity contribution in [1.29, 1.82) is 0 Å². The Bertz CT molecular complexity index is 1040. The van der Waals surface area contributed by atoms with Gasteiger partial charge in [0.2, 0.25) is 0 Å². The van der Waals surface area contributed by atoms with E-state index in [0.29, 0.717) is 45.3 Å². The molecule has 2 fully saturated rings. The van der Waals surface area contributed by atoms with E-state index < -0.39 is 5.79 Å². The number of morpholine rings is 1. The van der Waals surface area contributed by atoms with Crippen LogP contribution < -0.4 is 15.5 Å². The fraction of sp³-hybridized carbons (Fsp3) is 0.621. The smallest absolute Gasteiger partial charge is 0.319 e. The maximum atomic E-state index is 11.8. The summed E-state index contributed by atoms with van der Waals surface area (Å²) in [5.74, 6) is 1.14. The summed E-state index contributed by atoms with van der Waals surface area (Å²) in [4.78, 5) is 26.6. The van der Waals surface area contributed by atoms with Gasteiger partial charge in [0.05, 0.1) is 38.7 Å². The number of carbonyl (C=O) groups excluding carboxylic acids is 1. The van der Waals surface area contributed by atoms with Gasteiger partial charge in [-0.1, -0.05) is 27.7 Å². The minimum Gasteiger partial charge on any atom is -0.378 e. The third-order valence-electron chi connectivity index (χ3n) is 6.58. The molecule has 10 heteroatoms. The van der Waals surface area contributed by atoms with E-state index in [1.807, 2.05) is 65.8 Å². The molecule has 2 amide bonds. The Kier molecular flexibility index (Phi) is 11.9. The quantitative estimate of drug-likeness (QED) is 0.558. The van der Waals surface area contributed by atoms with Crippen LogP contribution >= 0.6 is 0 Å². The summed E-state index contributed by atoms with van der Waals surface area (Å²) < 4.78 is 17.3. The van der Waals surface area contributed by atoms with Gasteiger partial charge in [-0.2, -0.15) is 0 Å². The van der Waals surface area contributed by atoms with Crippen LogP contribution in [0.4, 0.5) is 16.3 Å². The molecule has 2 saturated heterocycles. The molecular weight excluding hydrogens is 496 g/mol. The molecule has 5 rings (SSSR count). The van der Waals surface area contributed by atoms with Gasteiger partial charge < -0.3 is 29.7 Å². The first-order valence-corrected chi connectivity index (χ1v) is 14.4. The molecule has 0 spiro atoms. The van der Waals surface area contributed by atoms with Crippen molar-refractivity contribution in [3.05, 3.63) is 35.5 Å². The number of amides is 2. The molecular formula is C29H46N6O4. The molecule has 0 aliphatic carbocycles. The van der Waals surface area contributed by atoms with Crippen molar-refractivity contribution in [2.24, 2.45) is 0 Å². The van der Waals surface area contributed by atoms with Crippen LogP contribution in [-0.4, -0.2) is 85.8 Å². The standard InChI is InChI=1S/C25H34N6O4.2C2H6/c1-3-26-24(32)27-19-6-4-18(5-7-19)22-28-21-16-30(17-25(2)34-14-15-35-25)9-8-20(21)23(29-22)31-10-12-33-13-11-31;2*1-2/h4-7H,3,8-17H2,1-2H3,(H2,26,27,32);2*1-2H3. The maximum absolute atomic E-state index is 11.8. The first kappa shape index (κ1) is 30.7. The maximum Gasteiger partial charge on any atom is 0.319 e. The van der Waals surface area contributed by atoms with E-state index in [4.69, 9.17) is 24.2 Å². The van der Waals surface area contributed by atoms with Crippen molar-refractivity contribution >= 4 is 17.5 Å². The third-order valence-corrected chi connectivity index (χ3v) is 6.58. The SMILES string of the molecule is CC.CC.CCNC(=O)Nc1ccc(-c2nc3c(c(N4CCOCC4)n2)CCN(CC2(C)OCCO2)C3)cc1. The minimum atomic E-state index is -0.562. The highest BCUT2D eigenvalue weighted by Gasteiger charge is 2.35. The normalized spacial score (nSPS) is 18.2. The molecule has 3 aliphatic heterocycles. The first-order valence-electron chi connectivity index (χ1n) is 14.4. The number of ether oxygens (including phenoxy) is 3. The monoisotopic (exact) mass is 542 g/mol. The summed E-state index contributed by atoms with van der Waals surface area (Å²) in [6.07, 6.45) is 0.883. The Morgan fingerprint density at radius 2 is 1.64 bits per heavy atom. The molecule has 2 aromatic rings. The van der Waals surface area contributed by atoms with Crippen molar-refractivity contribution in [1.82, 2.24) is 20.2 Å². The highest BCUT2D eigenvalue weighted by molar-refractivity contribution is 5.89. The zero-order chi connectivity index (χ0) is 28.3. The lowest BCUT2D eigenvalue weighted by molar-refractivity contribution is -0.157. The molecule has 1 aromatic carbocycles. The topological polar surface area (TPSA) is 101 Å². The van der Waals surface area contributed by atoms with Crippen LogP contribution in [0.1, 0.15) is 52.8 Å². The second kappa shape index (κ2) is 15.1. The Balaban J connectivity index is 0.00000100. The molecule has 0 bridgehead atoms. The average Bonchev–Trinajstić information content (AvgIpc) is 3.41. The van der Waals surface area contributed by atoms with Crippen LogP contribution in [0.5, 0.6) is 0 Å². The molecule has 1 aromatic heterocycles. The highest BCUT2D eigenvalue weighted by atomic mass is 16.7. The molecule has 39 heavy (non-hydrogen) atoms. The van der Waals surface area contributed by atoms with E-state index in [1.165, 1.54) is 5.56 Å². The molecule has 2 N–H and O–H groups in total. The lowest BCUT2D eigenvalue weighted by Gasteiger charge is -2.36. The highest BCUT2D eigenvalue weighted by Crippen LogP contribution is 2.31. The molecule has 0 saturated carbocycles. The Labute approximate surface area is 233 Å². The van der Waals surface area contributed by atoms with Crippen LogP contribution in [0.2, 0.25) is 0 Å². The molecule has 0 unspecified atom stereocenters. The number of benzene rings is 1. The van der Waals surface area contributed by atoms with E-state index in [0.717, 1.165) is 55.4 Å². The summed E-state index contributed by atoms with van der Waals surface area (Å²) in [7, 11) is 0. The lowest BCUT2D eigenvalue weighted by atomic mass is 10.0. The predicted octanol–water partition coefficient (Wildman–Crippen LogP) is 4.30. The number of hydrogen-bond acceptors (Lipinski definition) is 8. The number of anilines is 2. The van der Waals surface area contributed by atoms with E-state index in [9.17, 15) is 4.79 Å². The van der Waals surface area contributed by atoms with Gasteiger partial charge in [-0.3, -0.25) is 4.90 Å². The second-order valence-corrected chi connectivity index (χ2v) is 9.25. The Morgan fingerprint density at radius 1 is 0.974 bits per heavy atom. The van der Waals surface area contributed by atoms with E-state index >= 15 is 0 Å². The van der Waals surface area contributed by atoms with Crippen LogP contribution in [0.25, 0.3) is 11.4 Å². The van der Waals surface area contributed by atoms with Crippen molar-refractivity contribution < 1.29 is 19.0 Å². The van der Waals surface area contributed by atoms with Gasteiger partial charge in [0.25, 0.3) is 0 Å². The van der Waals surface area contributed by atoms with Crippen molar-refractivity contribution in [2.75, 3.05) is 69.4 Å². The molecule has 0 radical (unpaired) electrons. The Hall–Kier alpha value is -2.79. The zero-order valence-electron chi connectivity index (χ0n) is 24.5. The average molecular weight is 543 g/mol. The van der Waals surface area contributed by atoms with Crippen molar-refractivity contribution in [3.63, 3.8) is 0 Å². The predicted molar refractivity (Wildman–Crippen MR) is 155 cm³/mol. The van der Waals surface area contributed by atoms with E-state index in [1.54, 1.807) is 0 Å². The Morgan fingerprint density at radius 3 is 2.28 bits per heavy atom. The van der Waals surface area contributed by atoms with Gasteiger partial charge in [0.15, 0.2) is 11.6 Å². The summed E-state index contributed by atoms with van der Waals surface area (Å²) in [6.45, 7) is 19.1. The molecule has 216 valence electrons. The summed E-state index contributed by atoms with van der Waals surface area (Å²) in [5, 5.41) is 5.57. The summed E-state index contributed by atoms with van der Waals surface area (Å²) in [6, 6.07) is 7.44. The number of carbonyl (C=O) groups is 1. The third kappa shape index (κ3) is 8.11. The van der Waals surface area contributed by atoms with Gasteiger partial charge in [0, 0.05) is 49.5 Å². The number of urea groups is 1. The molecule has 4 heterocycles. The van der Waals surface area contributed by atoms with Crippen LogP contribution in [0.3, 0.4) is 0 Å². The largest absolute Gasteiger partial charge is 0.378 e. The first-order chi connectivity index (χ1) is 19.0. The van der Waals surface area contributed by atoms with Crippen molar-refractivity contribution in [3.8, 4) is 11.4 Å². The summed E-state index contributed by atoms with van der Waals surface area (Å²) in [5.41, 5.74) is 3.91. The van der Waals surface area contributed by atoms with Crippen LogP contribution in [0.15, 0.2) is 24.3 Å². The van der Waals surface area contributed by atoms with Crippen molar-refractivity contribution in [2.45, 2.75) is 60.3 Å². The number of nitrogens with one attached hydrogen (secondary N) is 2. The summed E-state index contributed by atoms with van der Waals surface area (Å²) >= 11 is 0. The number of nitrogens with zero attached hydrogens (tertiary/aromatic N) is 4. The fourth-order valence-corrected chi connectivity index (χ4v) is 4.86. The number of hydrogen-bond donors (Lipinski definition) is 2.